The molecule has 0 unspecified atom stereocenters. The Morgan fingerprint density at radius 1 is 1.03 bits per heavy atom. The van der Waals surface area contributed by atoms with Gasteiger partial charge < -0.3 is 5.32 Å². The lowest BCUT2D eigenvalue weighted by Gasteiger charge is -2.32. The predicted octanol–water partition coefficient (Wildman–Crippen LogP) is 5.05. The Kier molecular flexibility index (Phi) is 4.46. The van der Waals surface area contributed by atoms with E-state index in [-0.39, 0.29) is 23.8 Å². The second-order valence-corrected chi connectivity index (χ2v) is 9.42. The molecule has 0 fully saturated rings. The highest BCUT2D eigenvalue weighted by Gasteiger charge is 2.47. The Morgan fingerprint density at radius 3 is 2.67 bits per heavy atom. The first-order chi connectivity index (χ1) is 17.5. The Bertz CT molecular complexity index is 1700. The number of benzene rings is 1. The molecule has 0 aliphatic carbocycles. The molecule has 1 N–H and O–H groups in total. The molecule has 5 aromatic heterocycles. The summed E-state index contributed by atoms with van der Waals surface area (Å²) >= 11 is 1.42. The zero-order valence-corrected chi connectivity index (χ0v) is 19.1. The molecule has 6 heterocycles. The molecule has 0 amide bonds. The maximum Gasteiger partial charge on any atom is 0.410 e. The average Bonchev–Trinajstić information content (AvgIpc) is 3.66. The van der Waals surface area contributed by atoms with Crippen LogP contribution in [0.5, 0.6) is 0 Å². The number of hydrogen-bond donors (Lipinski definition) is 1. The Morgan fingerprint density at radius 2 is 1.89 bits per heavy atom. The quantitative estimate of drug-likeness (QED) is 0.361. The van der Waals surface area contributed by atoms with Crippen molar-refractivity contribution in [1.82, 2.24) is 39.1 Å². The minimum Gasteiger partial charge on any atom is -0.363 e. The molecule has 0 spiro atoms. The van der Waals surface area contributed by atoms with Crippen LogP contribution in [0.15, 0.2) is 66.4 Å². The number of rotatable bonds is 3. The van der Waals surface area contributed by atoms with E-state index in [1.54, 1.807) is 16.9 Å². The number of halogens is 3. The first-order valence-electron chi connectivity index (χ1n) is 11.1. The van der Waals surface area contributed by atoms with Gasteiger partial charge in [-0.15, -0.1) is 16.4 Å². The normalized spacial score (nSPS) is 18.0. The van der Waals surface area contributed by atoms with E-state index in [0.717, 1.165) is 15.2 Å². The summed E-state index contributed by atoms with van der Waals surface area (Å²) in [5, 5.41) is 18.9. The molecule has 6 aromatic rings. The number of nitrogens with zero attached hydrogens (tertiary/aromatic N) is 8. The van der Waals surface area contributed by atoms with E-state index in [4.69, 9.17) is 0 Å². The molecule has 0 saturated carbocycles. The Balaban J connectivity index is 1.31. The second kappa shape index (κ2) is 7.62. The summed E-state index contributed by atoms with van der Waals surface area (Å²) in [6, 6.07) is 12.6. The van der Waals surface area contributed by atoms with Gasteiger partial charge >= 0.3 is 6.18 Å². The Labute approximate surface area is 204 Å². The SMILES string of the molecule is FC(F)(F)[C@H]1C[C@H](c2cccs2)Nc2cc(-c3nc4c5cnn(-c6ccccc6)c5ncn4n3)nn21. The zero-order chi connectivity index (χ0) is 24.4. The van der Waals surface area contributed by atoms with E-state index in [1.165, 1.54) is 22.2 Å². The van der Waals surface area contributed by atoms with Gasteiger partial charge in [-0.2, -0.15) is 23.4 Å². The van der Waals surface area contributed by atoms with Crippen molar-refractivity contribution in [3.05, 3.63) is 71.3 Å². The summed E-state index contributed by atoms with van der Waals surface area (Å²) in [6.07, 6.45) is -1.45. The monoisotopic (exact) mass is 507 g/mol. The van der Waals surface area contributed by atoms with E-state index in [0.29, 0.717) is 16.7 Å². The number of hydrogen-bond acceptors (Lipinski definition) is 7. The number of thiophene rings is 1. The third-order valence-electron chi connectivity index (χ3n) is 6.21. The molecule has 1 aromatic carbocycles. The lowest BCUT2D eigenvalue weighted by atomic mass is 10.0. The highest BCUT2D eigenvalue weighted by molar-refractivity contribution is 7.10. The lowest BCUT2D eigenvalue weighted by molar-refractivity contribution is -0.173. The smallest absolute Gasteiger partial charge is 0.363 e. The summed E-state index contributed by atoms with van der Waals surface area (Å²) in [5.74, 6) is 0.477. The molecular formula is C23H16F3N9S. The fourth-order valence-electron chi connectivity index (χ4n) is 4.55. The topological polar surface area (TPSA) is 90.8 Å². The largest absolute Gasteiger partial charge is 0.410 e. The van der Waals surface area contributed by atoms with Gasteiger partial charge in [-0.3, -0.25) is 0 Å². The van der Waals surface area contributed by atoms with Gasteiger partial charge in [-0.25, -0.2) is 23.8 Å². The molecule has 9 nitrogen and oxygen atoms in total. The first-order valence-corrected chi connectivity index (χ1v) is 11.9. The number of para-hydroxylation sites is 1. The molecule has 1 aliphatic rings. The first kappa shape index (κ1) is 21.1. The number of nitrogens with one attached hydrogen (secondary N) is 1. The standard InChI is InChI=1S/C23H16F3N9S/c24-23(25,26)18-9-15(17-7-4-8-36-17)29-19-10-16(31-35(18)19)20-30-22-14-11-28-34(13-5-2-1-3-6-13)21(14)27-12-33(22)32-20/h1-8,10-12,15,18,29H,9H2/t15-,18-/m1/s1. The minimum atomic E-state index is -4.45. The maximum absolute atomic E-state index is 14.0. The van der Waals surface area contributed by atoms with Crippen molar-refractivity contribution < 1.29 is 13.2 Å². The van der Waals surface area contributed by atoms with Crippen molar-refractivity contribution in [2.24, 2.45) is 0 Å². The van der Waals surface area contributed by atoms with Gasteiger partial charge in [0.05, 0.1) is 23.3 Å². The van der Waals surface area contributed by atoms with Gasteiger partial charge in [0.25, 0.3) is 0 Å². The summed E-state index contributed by atoms with van der Waals surface area (Å²) in [6.45, 7) is 0. The average molecular weight is 508 g/mol. The molecule has 7 rings (SSSR count). The molecule has 0 bridgehead atoms. The fourth-order valence-corrected chi connectivity index (χ4v) is 5.34. The van der Waals surface area contributed by atoms with Gasteiger partial charge in [0.2, 0.25) is 5.82 Å². The minimum absolute atomic E-state index is 0.153. The van der Waals surface area contributed by atoms with E-state index < -0.39 is 18.3 Å². The van der Waals surface area contributed by atoms with Crippen molar-refractivity contribution >= 4 is 33.8 Å². The van der Waals surface area contributed by atoms with Crippen LogP contribution in [0, 0.1) is 0 Å². The molecule has 36 heavy (non-hydrogen) atoms. The van der Waals surface area contributed by atoms with Crippen molar-refractivity contribution in [2.45, 2.75) is 24.7 Å². The van der Waals surface area contributed by atoms with Crippen LogP contribution in [0.2, 0.25) is 0 Å². The molecule has 0 radical (unpaired) electrons. The van der Waals surface area contributed by atoms with Crippen molar-refractivity contribution in [3.8, 4) is 17.2 Å². The highest BCUT2D eigenvalue weighted by Crippen LogP contribution is 2.45. The third kappa shape index (κ3) is 3.26. The van der Waals surface area contributed by atoms with Crippen LogP contribution in [-0.2, 0) is 0 Å². The Hall–Kier alpha value is -4.26. The molecule has 2 atom stereocenters. The molecule has 180 valence electrons. The number of fused-ring (bicyclic) bond motifs is 4. The second-order valence-electron chi connectivity index (χ2n) is 8.44. The van der Waals surface area contributed by atoms with Crippen LogP contribution in [0.1, 0.15) is 23.4 Å². The number of aromatic nitrogens is 8. The molecule has 0 saturated heterocycles. The van der Waals surface area contributed by atoms with E-state index >= 15 is 0 Å². The van der Waals surface area contributed by atoms with Crippen LogP contribution < -0.4 is 5.32 Å². The summed E-state index contributed by atoms with van der Waals surface area (Å²) in [7, 11) is 0. The van der Waals surface area contributed by atoms with Crippen LogP contribution in [0.4, 0.5) is 19.0 Å². The van der Waals surface area contributed by atoms with Crippen molar-refractivity contribution in [3.63, 3.8) is 0 Å². The maximum atomic E-state index is 14.0. The van der Waals surface area contributed by atoms with Gasteiger partial charge in [-0.05, 0) is 23.6 Å². The highest BCUT2D eigenvalue weighted by atomic mass is 32.1. The fraction of sp³-hybridized carbons (Fsp3) is 0.174. The van der Waals surface area contributed by atoms with Crippen molar-refractivity contribution in [2.75, 3.05) is 5.32 Å². The summed E-state index contributed by atoms with van der Waals surface area (Å²) in [4.78, 5) is 9.91. The van der Waals surface area contributed by atoms with Crippen LogP contribution in [0.3, 0.4) is 0 Å². The van der Waals surface area contributed by atoms with Crippen molar-refractivity contribution in [1.29, 1.82) is 0 Å². The predicted molar refractivity (Wildman–Crippen MR) is 127 cm³/mol. The third-order valence-corrected chi connectivity index (χ3v) is 7.20. The van der Waals surface area contributed by atoms with Crippen LogP contribution in [0.25, 0.3) is 33.9 Å². The molecular weight excluding hydrogens is 491 g/mol. The number of anilines is 1. The van der Waals surface area contributed by atoms with Gasteiger partial charge in [0.1, 0.15) is 17.8 Å². The summed E-state index contributed by atoms with van der Waals surface area (Å²) in [5.41, 5.74) is 2.16. The van der Waals surface area contributed by atoms with Gasteiger partial charge in [-0.1, -0.05) is 24.3 Å². The molecule has 13 heteroatoms. The number of alkyl halides is 3. The van der Waals surface area contributed by atoms with Gasteiger partial charge in [0, 0.05) is 17.4 Å². The molecule has 1 aliphatic heterocycles. The lowest BCUT2D eigenvalue weighted by Crippen LogP contribution is -2.35. The van der Waals surface area contributed by atoms with E-state index in [9.17, 15) is 13.2 Å². The van der Waals surface area contributed by atoms with E-state index in [2.05, 4.69) is 30.6 Å². The van der Waals surface area contributed by atoms with Crippen LogP contribution in [-0.4, -0.2) is 45.3 Å². The van der Waals surface area contributed by atoms with E-state index in [1.807, 2.05) is 47.8 Å². The van der Waals surface area contributed by atoms with Gasteiger partial charge in [0.15, 0.2) is 17.3 Å². The van der Waals surface area contributed by atoms with Crippen LogP contribution >= 0.6 is 11.3 Å². The zero-order valence-electron chi connectivity index (χ0n) is 18.3. The summed E-state index contributed by atoms with van der Waals surface area (Å²) < 4.78 is 46.1.